The molecule has 0 radical (unpaired) electrons. The van der Waals surface area contributed by atoms with Gasteiger partial charge in [0, 0.05) is 5.39 Å². The Balaban J connectivity index is 2.71. The maximum atomic E-state index is 6.29. The van der Waals surface area contributed by atoms with Gasteiger partial charge in [0.1, 0.15) is 22.2 Å². The minimum Gasteiger partial charge on any atom is -0.493 e. The van der Waals surface area contributed by atoms with Crippen molar-refractivity contribution in [3.05, 3.63) is 28.9 Å². The second kappa shape index (κ2) is 6.31. The second-order valence-electron chi connectivity index (χ2n) is 4.85. The molecule has 2 aromatic rings. The molecule has 1 heterocycles. The molecule has 108 valence electrons. The molecule has 0 aliphatic carbocycles. The number of benzene rings is 1. The van der Waals surface area contributed by atoms with Crippen molar-refractivity contribution in [1.29, 1.82) is 0 Å². The quantitative estimate of drug-likeness (QED) is 0.741. The highest BCUT2D eigenvalue weighted by Crippen LogP contribution is 2.36. The lowest BCUT2D eigenvalue weighted by Crippen LogP contribution is -2.00. The molecule has 3 nitrogen and oxygen atoms in total. The Hall–Kier alpha value is -1.48. The Bertz CT molecular complexity index is 611. The largest absolute Gasteiger partial charge is 0.493 e. The molecule has 1 aromatic carbocycles. The van der Waals surface area contributed by atoms with Gasteiger partial charge in [0.2, 0.25) is 0 Å². The zero-order valence-electron chi connectivity index (χ0n) is 12.4. The Labute approximate surface area is 124 Å². The van der Waals surface area contributed by atoms with Crippen LogP contribution in [0.4, 0.5) is 0 Å². The van der Waals surface area contributed by atoms with Crippen molar-refractivity contribution in [3.8, 4) is 11.5 Å². The number of hydrogen-bond donors (Lipinski definition) is 0. The van der Waals surface area contributed by atoms with E-state index in [2.05, 4.69) is 24.9 Å². The Morgan fingerprint density at radius 1 is 1.10 bits per heavy atom. The summed E-state index contributed by atoms with van der Waals surface area (Å²) in [5.41, 5.74) is 1.78. The molecule has 0 saturated heterocycles. The average molecular weight is 294 g/mol. The third-order valence-electron chi connectivity index (χ3n) is 3.11. The molecule has 1 aromatic heterocycles. The first-order valence-electron chi connectivity index (χ1n) is 6.97. The van der Waals surface area contributed by atoms with E-state index in [4.69, 9.17) is 21.1 Å². The van der Waals surface area contributed by atoms with E-state index in [0.717, 1.165) is 28.0 Å². The van der Waals surface area contributed by atoms with E-state index in [0.29, 0.717) is 24.3 Å². The van der Waals surface area contributed by atoms with Gasteiger partial charge in [-0.05, 0) is 43.5 Å². The van der Waals surface area contributed by atoms with Gasteiger partial charge in [0.15, 0.2) is 0 Å². The minimum atomic E-state index is 0.310. The predicted molar refractivity (Wildman–Crippen MR) is 83.2 cm³/mol. The molecule has 0 N–H and O–H groups in total. The summed E-state index contributed by atoms with van der Waals surface area (Å²) in [6.45, 7) is 9.32. The van der Waals surface area contributed by atoms with Crippen molar-refractivity contribution in [2.75, 3.05) is 13.2 Å². The number of rotatable bonds is 5. The number of ether oxygens (including phenoxy) is 2. The van der Waals surface area contributed by atoms with Crippen LogP contribution in [0.25, 0.3) is 10.9 Å². The monoisotopic (exact) mass is 293 g/mol. The number of halogens is 1. The molecule has 20 heavy (non-hydrogen) atoms. The van der Waals surface area contributed by atoms with Crippen LogP contribution in [0.5, 0.6) is 11.5 Å². The third-order valence-corrected chi connectivity index (χ3v) is 3.41. The molecule has 0 spiro atoms. The zero-order chi connectivity index (χ0) is 14.7. The molecule has 0 aliphatic rings. The highest BCUT2D eigenvalue weighted by Gasteiger charge is 2.15. The Kier molecular flexibility index (Phi) is 4.71. The fourth-order valence-corrected chi connectivity index (χ4v) is 2.52. The van der Waals surface area contributed by atoms with E-state index in [-0.39, 0.29) is 0 Å². The number of aromatic nitrogens is 1. The zero-order valence-corrected chi connectivity index (χ0v) is 13.1. The van der Waals surface area contributed by atoms with Gasteiger partial charge in [-0.25, -0.2) is 4.98 Å². The molecular weight excluding hydrogens is 274 g/mol. The van der Waals surface area contributed by atoms with Gasteiger partial charge in [0.25, 0.3) is 0 Å². The fraction of sp³-hybridized carbons (Fsp3) is 0.438. The van der Waals surface area contributed by atoms with Crippen molar-refractivity contribution in [3.63, 3.8) is 0 Å². The lowest BCUT2D eigenvalue weighted by atomic mass is 10.0. The summed E-state index contributed by atoms with van der Waals surface area (Å²) in [6.07, 6.45) is 0. The standard InChI is InChI=1S/C16H20ClNO2/c1-5-19-13-7-8-14(20-6-2)15-12(13)9-11(10(3)4)16(17)18-15/h7-10H,5-6H2,1-4H3. The lowest BCUT2D eigenvalue weighted by Gasteiger charge is -2.15. The van der Waals surface area contributed by atoms with Crippen LogP contribution >= 0.6 is 11.6 Å². The molecule has 0 amide bonds. The van der Waals surface area contributed by atoms with Crippen LogP contribution in [0.3, 0.4) is 0 Å². The van der Waals surface area contributed by atoms with Crippen LogP contribution in [0.15, 0.2) is 18.2 Å². The average Bonchev–Trinajstić information content (AvgIpc) is 2.41. The summed E-state index contributed by atoms with van der Waals surface area (Å²) >= 11 is 6.29. The van der Waals surface area contributed by atoms with Gasteiger partial charge in [0.05, 0.1) is 13.2 Å². The van der Waals surface area contributed by atoms with Crippen molar-refractivity contribution >= 4 is 22.5 Å². The van der Waals surface area contributed by atoms with Crippen molar-refractivity contribution in [2.45, 2.75) is 33.6 Å². The molecule has 0 bridgehead atoms. The molecule has 2 rings (SSSR count). The van der Waals surface area contributed by atoms with Gasteiger partial charge >= 0.3 is 0 Å². The number of pyridine rings is 1. The topological polar surface area (TPSA) is 31.4 Å². The third kappa shape index (κ3) is 2.83. The van der Waals surface area contributed by atoms with Gasteiger partial charge in [-0.1, -0.05) is 25.4 Å². The van der Waals surface area contributed by atoms with Crippen molar-refractivity contribution < 1.29 is 9.47 Å². The maximum absolute atomic E-state index is 6.29. The molecule has 0 atom stereocenters. The van der Waals surface area contributed by atoms with E-state index in [1.165, 1.54) is 0 Å². The van der Waals surface area contributed by atoms with Crippen molar-refractivity contribution in [1.82, 2.24) is 4.98 Å². The highest BCUT2D eigenvalue weighted by molar-refractivity contribution is 6.30. The summed E-state index contributed by atoms with van der Waals surface area (Å²) < 4.78 is 11.3. The molecule has 4 heteroatoms. The Morgan fingerprint density at radius 3 is 2.30 bits per heavy atom. The normalized spacial score (nSPS) is 11.1. The van der Waals surface area contributed by atoms with E-state index in [1.54, 1.807) is 0 Å². The van der Waals surface area contributed by atoms with Gasteiger partial charge in [-0.15, -0.1) is 0 Å². The van der Waals surface area contributed by atoms with E-state index >= 15 is 0 Å². The van der Waals surface area contributed by atoms with Crippen LogP contribution in [-0.4, -0.2) is 18.2 Å². The van der Waals surface area contributed by atoms with Crippen LogP contribution < -0.4 is 9.47 Å². The Morgan fingerprint density at radius 2 is 1.70 bits per heavy atom. The van der Waals surface area contributed by atoms with Crippen LogP contribution in [0.1, 0.15) is 39.2 Å². The summed E-state index contributed by atoms with van der Waals surface area (Å²) in [5, 5.41) is 1.48. The number of nitrogens with zero attached hydrogens (tertiary/aromatic N) is 1. The molecular formula is C16H20ClNO2. The summed E-state index contributed by atoms with van der Waals surface area (Å²) in [7, 11) is 0. The molecule has 0 aliphatic heterocycles. The number of hydrogen-bond acceptors (Lipinski definition) is 3. The van der Waals surface area contributed by atoms with E-state index in [1.807, 2.05) is 26.0 Å². The molecule has 0 fully saturated rings. The molecule has 0 unspecified atom stereocenters. The first-order chi connectivity index (χ1) is 9.58. The van der Waals surface area contributed by atoms with E-state index in [9.17, 15) is 0 Å². The minimum absolute atomic E-state index is 0.310. The van der Waals surface area contributed by atoms with Crippen LogP contribution in [0, 0.1) is 0 Å². The summed E-state index contributed by atoms with van der Waals surface area (Å²) in [4.78, 5) is 4.52. The van der Waals surface area contributed by atoms with Gasteiger partial charge < -0.3 is 9.47 Å². The van der Waals surface area contributed by atoms with E-state index < -0.39 is 0 Å². The first-order valence-corrected chi connectivity index (χ1v) is 7.35. The molecule has 0 saturated carbocycles. The highest BCUT2D eigenvalue weighted by atomic mass is 35.5. The lowest BCUT2D eigenvalue weighted by molar-refractivity contribution is 0.336. The van der Waals surface area contributed by atoms with Gasteiger partial charge in [-0.2, -0.15) is 0 Å². The summed E-state index contributed by atoms with van der Waals surface area (Å²) in [6, 6.07) is 5.87. The van der Waals surface area contributed by atoms with Crippen molar-refractivity contribution in [2.24, 2.45) is 0 Å². The fourth-order valence-electron chi connectivity index (χ4n) is 2.16. The number of fused-ring (bicyclic) bond motifs is 1. The summed E-state index contributed by atoms with van der Waals surface area (Å²) in [5.74, 6) is 1.87. The van der Waals surface area contributed by atoms with Gasteiger partial charge in [-0.3, -0.25) is 0 Å². The first kappa shape index (κ1) is 14.9. The second-order valence-corrected chi connectivity index (χ2v) is 5.21. The maximum Gasteiger partial charge on any atom is 0.145 e. The smallest absolute Gasteiger partial charge is 0.145 e. The SMILES string of the molecule is CCOc1ccc(OCC)c2nc(Cl)c(C(C)C)cc12. The predicted octanol–water partition coefficient (Wildman–Crippen LogP) is 4.81. The van der Waals surface area contributed by atoms with Crippen LogP contribution in [0.2, 0.25) is 5.15 Å². The van der Waals surface area contributed by atoms with Crippen LogP contribution in [-0.2, 0) is 0 Å².